The average molecular weight is 663 g/mol. The number of carbonyl (C=O) groups excluding carboxylic acids is 4. The zero-order valence-corrected chi connectivity index (χ0v) is 26.3. The lowest BCUT2D eigenvalue weighted by molar-refractivity contribution is -0.218. The molecule has 15 heteroatoms. The van der Waals surface area contributed by atoms with Crippen LogP contribution < -0.4 is 0 Å². The molecule has 0 radical (unpaired) electrons. The normalized spacial score (nSPS) is 38.6. The van der Waals surface area contributed by atoms with Crippen molar-refractivity contribution < 1.29 is 64.6 Å². The summed E-state index contributed by atoms with van der Waals surface area (Å²) in [5.74, 6) is -3.58. The van der Waals surface area contributed by atoms with Crippen LogP contribution in [0.3, 0.4) is 0 Å². The average Bonchev–Trinajstić information content (AvgIpc) is 3.57. The van der Waals surface area contributed by atoms with Crippen molar-refractivity contribution in [1.29, 1.82) is 0 Å². The number of fused-ring (bicyclic) bond motifs is 1. The molecule has 0 aromatic heterocycles. The van der Waals surface area contributed by atoms with E-state index >= 15 is 0 Å². The van der Waals surface area contributed by atoms with Gasteiger partial charge in [-0.05, 0) is 76.0 Å². The molecule has 4 saturated carbocycles. The second-order valence-electron chi connectivity index (χ2n) is 14.0. The zero-order chi connectivity index (χ0) is 32.7. The molecular formula is C30H40F2O12S. The Balaban J connectivity index is 1.12. The maximum atomic E-state index is 14.1. The van der Waals surface area contributed by atoms with Gasteiger partial charge in [0, 0.05) is 5.41 Å². The SMILES string of the molecule is CCC(CC)(OC(=O)C1C2OC3C(OC(=O)C31)C2OC(=O)CCC(=O)OC(C)C(F)(F)S(=O)(=O)O)C12CC3CC(CC(C3)C1)C2. The fourth-order valence-corrected chi connectivity index (χ4v) is 10.3. The Bertz CT molecular complexity index is 1320. The largest absolute Gasteiger partial charge is 0.458 e. The summed E-state index contributed by atoms with van der Waals surface area (Å²) >= 11 is 0. The van der Waals surface area contributed by atoms with Gasteiger partial charge in [-0.15, -0.1) is 0 Å². The highest BCUT2D eigenvalue weighted by molar-refractivity contribution is 7.86. The number of hydrogen-bond donors (Lipinski definition) is 1. The van der Waals surface area contributed by atoms with Crippen LogP contribution in [-0.2, 0) is 53.0 Å². The number of rotatable bonds is 12. The van der Waals surface area contributed by atoms with Crippen molar-refractivity contribution in [1.82, 2.24) is 0 Å². The lowest BCUT2D eigenvalue weighted by atomic mass is 9.44. The van der Waals surface area contributed by atoms with Crippen LogP contribution in [0.1, 0.15) is 85.0 Å². The summed E-state index contributed by atoms with van der Waals surface area (Å²) in [6, 6.07) is 0. The predicted octanol–water partition coefficient (Wildman–Crippen LogP) is 3.35. The second kappa shape index (κ2) is 11.1. The molecule has 7 rings (SSSR count). The second-order valence-corrected chi connectivity index (χ2v) is 15.5. The van der Waals surface area contributed by atoms with E-state index in [-0.39, 0.29) is 5.41 Å². The first-order chi connectivity index (χ1) is 21.0. The Hall–Kier alpha value is -2.39. The van der Waals surface area contributed by atoms with Gasteiger partial charge < -0.3 is 23.7 Å². The van der Waals surface area contributed by atoms with E-state index < -0.39 is 100 Å². The smallest absolute Gasteiger partial charge is 0.405 e. The molecule has 0 spiro atoms. The van der Waals surface area contributed by atoms with Gasteiger partial charge >= 0.3 is 39.2 Å². The highest BCUT2D eigenvalue weighted by atomic mass is 32.2. The first-order valence-corrected chi connectivity index (χ1v) is 17.3. The fraction of sp³-hybridized carbons (Fsp3) is 0.867. The Morgan fingerprint density at radius 2 is 1.53 bits per heavy atom. The standard InChI is InChI=1S/C30H40F2O12S/c1-4-29(5-2,28-11-15-8-16(12-28)10-17(9-15)13-28)44-27(36)21-20-22-25(43-26(20)35)24(23(21)42-22)41-19(34)7-6-18(33)40-14(3)30(31,32)45(37,38)39/h14-17,20-25H,4-13H2,1-3H3,(H,37,38,39). The highest BCUT2D eigenvalue weighted by Crippen LogP contribution is 2.66. The molecule has 7 atom stereocenters. The third-order valence-electron chi connectivity index (χ3n) is 11.5. The Labute approximate surface area is 259 Å². The summed E-state index contributed by atoms with van der Waals surface area (Å²) in [6.45, 7) is 4.65. The van der Waals surface area contributed by atoms with E-state index in [4.69, 9.17) is 23.5 Å². The van der Waals surface area contributed by atoms with Crippen molar-refractivity contribution in [3.63, 3.8) is 0 Å². The van der Waals surface area contributed by atoms with Crippen molar-refractivity contribution >= 4 is 34.0 Å². The number of carbonyl (C=O) groups is 4. The van der Waals surface area contributed by atoms with Gasteiger partial charge in [-0.1, -0.05) is 13.8 Å². The predicted molar refractivity (Wildman–Crippen MR) is 147 cm³/mol. The van der Waals surface area contributed by atoms with Gasteiger partial charge in [-0.3, -0.25) is 23.7 Å². The molecule has 7 fully saturated rings. The quantitative estimate of drug-likeness (QED) is 0.184. The van der Waals surface area contributed by atoms with E-state index in [2.05, 4.69) is 4.74 Å². The van der Waals surface area contributed by atoms with Gasteiger partial charge in [0.1, 0.15) is 29.6 Å². The summed E-state index contributed by atoms with van der Waals surface area (Å²) in [5, 5.41) is -4.75. The molecule has 7 aliphatic rings. The van der Waals surface area contributed by atoms with Crippen LogP contribution >= 0.6 is 0 Å². The summed E-state index contributed by atoms with van der Waals surface area (Å²) in [5.41, 5.74) is -0.832. The van der Waals surface area contributed by atoms with Gasteiger partial charge in [0.15, 0.2) is 18.3 Å². The number of ether oxygens (including phenoxy) is 5. The molecule has 3 heterocycles. The van der Waals surface area contributed by atoms with Crippen molar-refractivity contribution in [3.8, 4) is 0 Å². The summed E-state index contributed by atoms with van der Waals surface area (Å²) < 4.78 is 85.7. The minimum Gasteiger partial charge on any atom is -0.458 e. The highest BCUT2D eigenvalue weighted by Gasteiger charge is 2.73. The zero-order valence-electron chi connectivity index (χ0n) is 25.4. The monoisotopic (exact) mass is 662 g/mol. The molecule has 45 heavy (non-hydrogen) atoms. The Morgan fingerprint density at radius 3 is 2.07 bits per heavy atom. The molecule has 3 aliphatic heterocycles. The minimum absolute atomic E-state index is 0.124. The van der Waals surface area contributed by atoms with Crippen LogP contribution in [0.15, 0.2) is 0 Å². The van der Waals surface area contributed by atoms with Crippen LogP contribution in [0.2, 0.25) is 0 Å². The van der Waals surface area contributed by atoms with Gasteiger partial charge in [-0.25, -0.2) is 0 Å². The summed E-state index contributed by atoms with van der Waals surface area (Å²) in [7, 11) is -5.84. The molecule has 3 saturated heterocycles. The van der Waals surface area contributed by atoms with Gasteiger partial charge in [0.2, 0.25) is 0 Å². The minimum atomic E-state index is -5.84. The van der Waals surface area contributed by atoms with Crippen molar-refractivity contribution in [2.45, 2.75) is 126 Å². The van der Waals surface area contributed by atoms with E-state index in [1.807, 2.05) is 13.8 Å². The van der Waals surface area contributed by atoms with Crippen molar-refractivity contribution in [2.75, 3.05) is 0 Å². The van der Waals surface area contributed by atoms with Crippen LogP contribution in [0.5, 0.6) is 0 Å². The molecule has 252 valence electrons. The fourth-order valence-electron chi connectivity index (χ4n) is 9.87. The maximum absolute atomic E-state index is 14.1. The first-order valence-electron chi connectivity index (χ1n) is 15.9. The molecule has 7 unspecified atom stereocenters. The third kappa shape index (κ3) is 5.15. The number of alkyl halides is 2. The van der Waals surface area contributed by atoms with Gasteiger partial charge in [0.05, 0.1) is 12.8 Å². The first kappa shape index (κ1) is 32.5. The van der Waals surface area contributed by atoms with E-state index in [9.17, 15) is 36.4 Å². The lowest BCUT2D eigenvalue weighted by Gasteiger charge is -2.63. The maximum Gasteiger partial charge on any atom is 0.405 e. The molecule has 0 aromatic carbocycles. The molecule has 12 nitrogen and oxygen atoms in total. The van der Waals surface area contributed by atoms with Crippen LogP contribution in [-0.4, -0.2) is 78.2 Å². The van der Waals surface area contributed by atoms with E-state index in [0.29, 0.717) is 37.5 Å². The Kier molecular flexibility index (Phi) is 8.03. The topological polar surface area (TPSA) is 169 Å². The van der Waals surface area contributed by atoms with E-state index in [1.165, 1.54) is 19.3 Å². The van der Waals surface area contributed by atoms with Crippen LogP contribution in [0.4, 0.5) is 8.78 Å². The molecular weight excluding hydrogens is 622 g/mol. The van der Waals surface area contributed by atoms with Crippen LogP contribution in [0.25, 0.3) is 0 Å². The van der Waals surface area contributed by atoms with E-state index in [0.717, 1.165) is 19.3 Å². The molecule has 6 bridgehead atoms. The summed E-state index contributed by atoms with van der Waals surface area (Å²) in [4.78, 5) is 51.7. The van der Waals surface area contributed by atoms with E-state index in [1.54, 1.807) is 0 Å². The molecule has 4 aliphatic carbocycles. The Morgan fingerprint density at radius 1 is 0.978 bits per heavy atom. The van der Waals surface area contributed by atoms with Crippen LogP contribution in [0, 0.1) is 35.0 Å². The summed E-state index contributed by atoms with van der Waals surface area (Å²) in [6.07, 6.45) is 0.152. The lowest BCUT2D eigenvalue weighted by Crippen LogP contribution is -2.60. The van der Waals surface area contributed by atoms with Gasteiger partial charge in [-0.2, -0.15) is 17.2 Å². The molecule has 0 aromatic rings. The van der Waals surface area contributed by atoms with Gasteiger partial charge in [0.25, 0.3) is 0 Å². The number of hydrogen-bond acceptors (Lipinski definition) is 11. The number of esters is 4. The third-order valence-corrected chi connectivity index (χ3v) is 12.6. The molecule has 0 amide bonds. The van der Waals surface area contributed by atoms with Crippen molar-refractivity contribution in [2.24, 2.45) is 35.0 Å². The number of halogens is 2. The van der Waals surface area contributed by atoms with Crippen molar-refractivity contribution in [3.05, 3.63) is 0 Å². The molecule has 1 N–H and O–H groups in total.